The summed E-state index contributed by atoms with van der Waals surface area (Å²) in [5.74, 6) is -0.282. The average molecular weight is 346 g/mol. The van der Waals surface area contributed by atoms with Crippen LogP contribution in [0.3, 0.4) is 0 Å². The number of halogens is 1. The monoisotopic (exact) mass is 345 g/mol. The smallest absolute Gasteiger partial charge is 0.325 e. The molecule has 0 unspecified atom stereocenters. The normalized spacial score (nSPS) is 10.5. The largest absolute Gasteiger partial charge is 0.460 e. The van der Waals surface area contributed by atoms with Crippen LogP contribution in [0.2, 0.25) is 0 Å². The maximum absolute atomic E-state index is 11.6. The van der Waals surface area contributed by atoms with Gasteiger partial charge < -0.3 is 10.1 Å². The number of hydrogen-bond donors (Lipinski definition) is 1. The Morgan fingerprint density at radius 1 is 1.10 bits per heavy atom. The summed E-state index contributed by atoms with van der Waals surface area (Å²) in [5, 5.41) is 3.01. The average Bonchev–Trinajstić information content (AvgIpc) is 2.52. The number of ether oxygens (including phenoxy) is 1. The number of nitrogens with one attached hydrogen (secondary N) is 1. The summed E-state index contributed by atoms with van der Waals surface area (Å²) in [5.41, 5.74) is 1.97. The molecule has 0 aliphatic heterocycles. The molecule has 0 amide bonds. The summed E-state index contributed by atoms with van der Waals surface area (Å²) in [7, 11) is 0. The molecule has 0 atom stereocenters. The van der Waals surface area contributed by atoms with Crippen molar-refractivity contribution in [2.45, 2.75) is 0 Å². The van der Waals surface area contributed by atoms with E-state index in [1.54, 1.807) is 0 Å². The first kappa shape index (κ1) is 15.3. The van der Waals surface area contributed by atoms with E-state index in [1.165, 1.54) is 0 Å². The number of rotatable bonds is 6. The second-order valence-electron chi connectivity index (χ2n) is 4.36. The maximum Gasteiger partial charge on any atom is 0.325 e. The SMILES string of the molecule is O=C(CNc1ccc(Br)cc1)OC/C=C/c1ccccc1. The van der Waals surface area contributed by atoms with Gasteiger partial charge in [0.25, 0.3) is 0 Å². The lowest BCUT2D eigenvalue weighted by Gasteiger charge is -2.06. The molecule has 0 aliphatic carbocycles. The predicted molar refractivity (Wildman–Crippen MR) is 89.1 cm³/mol. The van der Waals surface area contributed by atoms with E-state index in [0.717, 1.165) is 15.7 Å². The molecule has 0 fully saturated rings. The first-order valence-electron chi connectivity index (χ1n) is 6.61. The van der Waals surface area contributed by atoms with Crippen LogP contribution in [0.5, 0.6) is 0 Å². The summed E-state index contributed by atoms with van der Waals surface area (Å²) < 4.78 is 6.11. The highest BCUT2D eigenvalue weighted by Gasteiger charge is 2.01. The zero-order valence-electron chi connectivity index (χ0n) is 11.5. The topological polar surface area (TPSA) is 38.3 Å². The zero-order chi connectivity index (χ0) is 14.9. The highest BCUT2D eigenvalue weighted by Crippen LogP contribution is 2.13. The highest BCUT2D eigenvalue weighted by atomic mass is 79.9. The van der Waals surface area contributed by atoms with Crippen molar-refractivity contribution in [2.75, 3.05) is 18.5 Å². The van der Waals surface area contributed by atoms with Crippen LogP contribution < -0.4 is 5.32 Å². The standard InChI is InChI=1S/C17H16BrNO2/c18-15-8-10-16(11-9-15)19-13-17(20)21-12-4-7-14-5-2-1-3-6-14/h1-11,19H,12-13H2/b7-4+. The molecule has 0 radical (unpaired) electrons. The van der Waals surface area contributed by atoms with E-state index >= 15 is 0 Å². The second-order valence-corrected chi connectivity index (χ2v) is 5.27. The molecule has 2 aromatic rings. The van der Waals surface area contributed by atoms with Gasteiger partial charge in [-0.25, -0.2) is 0 Å². The van der Waals surface area contributed by atoms with Gasteiger partial charge >= 0.3 is 5.97 Å². The van der Waals surface area contributed by atoms with Crippen molar-refractivity contribution in [1.82, 2.24) is 0 Å². The van der Waals surface area contributed by atoms with Gasteiger partial charge in [-0.05, 0) is 35.9 Å². The zero-order valence-corrected chi connectivity index (χ0v) is 13.0. The van der Waals surface area contributed by atoms with Crippen molar-refractivity contribution in [3.63, 3.8) is 0 Å². The third-order valence-electron chi connectivity index (χ3n) is 2.73. The van der Waals surface area contributed by atoms with Crippen molar-refractivity contribution in [3.05, 3.63) is 70.7 Å². The van der Waals surface area contributed by atoms with Gasteiger partial charge in [-0.15, -0.1) is 0 Å². The summed E-state index contributed by atoms with van der Waals surface area (Å²) >= 11 is 3.36. The van der Waals surface area contributed by atoms with E-state index in [9.17, 15) is 4.79 Å². The molecule has 0 spiro atoms. The lowest BCUT2D eigenvalue weighted by Crippen LogP contribution is -2.16. The summed E-state index contributed by atoms with van der Waals surface area (Å²) in [6, 6.07) is 17.5. The molecule has 108 valence electrons. The number of carbonyl (C=O) groups excluding carboxylic acids is 1. The molecule has 0 aliphatic rings. The van der Waals surface area contributed by atoms with E-state index in [-0.39, 0.29) is 19.1 Å². The Morgan fingerprint density at radius 2 is 1.81 bits per heavy atom. The van der Waals surface area contributed by atoms with E-state index in [1.807, 2.05) is 66.7 Å². The third-order valence-corrected chi connectivity index (χ3v) is 3.26. The molecule has 0 bridgehead atoms. The fourth-order valence-electron chi connectivity index (χ4n) is 1.68. The van der Waals surface area contributed by atoms with Gasteiger partial charge in [0.05, 0.1) is 0 Å². The maximum atomic E-state index is 11.6. The fraction of sp³-hybridized carbons (Fsp3) is 0.118. The lowest BCUT2D eigenvalue weighted by atomic mass is 10.2. The molecule has 21 heavy (non-hydrogen) atoms. The fourth-order valence-corrected chi connectivity index (χ4v) is 1.95. The van der Waals surface area contributed by atoms with Crippen LogP contribution in [0, 0.1) is 0 Å². The minimum absolute atomic E-state index is 0.154. The first-order chi connectivity index (χ1) is 10.2. The Balaban J connectivity index is 1.68. The number of anilines is 1. The molecule has 3 nitrogen and oxygen atoms in total. The Morgan fingerprint density at radius 3 is 2.52 bits per heavy atom. The van der Waals surface area contributed by atoms with Gasteiger partial charge in [0.2, 0.25) is 0 Å². The van der Waals surface area contributed by atoms with Gasteiger partial charge in [0.1, 0.15) is 13.2 Å². The van der Waals surface area contributed by atoms with Crippen molar-refractivity contribution in [1.29, 1.82) is 0 Å². The second kappa shape index (κ2) is 8.27. The first-order valence-corrected chi connectivity index (χ1v) is 7.40. The summed E-state index contributed by atoms with van der Waals surface area (Å²) in [6.07, 6.45) is 3.75. The number of carbonyl (C=O) groups is 1. The highest BCUT2D eigenvalue weighted by molar-refractivity contribution is 9.10. The summed E-state index contributed by atoms with van der Waals surface area (Å²) in [6.45, 7) is 0.427. The van der Waals surface area contributed by atoms with E-state index in [2.05, 4.69) is 21.2 Å². The van der Waals surface area contributed by atoms with Gasteiger partial charge in [0.15, 0.2) is 0 Å². The third kappa shape index (κ3) is 5.83. The Hall–Kier alpha value is -2.07. The predicted octanol–water partition coefficient (Wildman–Crippen LogP) is 4.12. The Kier molecular flexibility index (Phi) is 6.03. The number of hydrogen-bond acceptors (Lipinski definition) is 3. The molecule has 0 saturated carbocycles. The molecule has 2 aromatic carbocycles. The lowest BCUT2D eigenvalue weighted by molar-refractivity contribution is -0.140. The van der Waals surface area contributed by atoms with Crippen LogP contribution in [-0.2, 0) is 9.53 Å². The van der Waals surface area contributed by atoms with Crippen LogP contribution in [0.1, 0.15) is 5.56 Å². The Bertz CT molecular complexity index is 594. The number of esters is 1. The van der Waals surface area contributed by atoms with Crippen LogP contribution in [0.4, 0.5) is 5.69 Å². The molecular formula is C17H16BrNO2. The summed E-state index contributed by atoms with van der Waals surface area (Å²) in [4.78, 5) is 11.6. The molecule has 1 N–H and O–H groups in total. The van der Waals surface area contributed by atoms with Crippen molar-refractivity contribution in [3.8, 4) is 0 Å². The molecule has 4 heteroatoms. The quantitative estimate of drug-likeness (QED) is 0.800. The van der Waals surface area contributed by atoms with E-state index in [4.69, 9.17) is 4.74 Å². The molecule has 2 rings (SSSR count). The molecule has 0 heterocycles. The van der Waals surface area contributed by atoms with E-state index in [0.29, 0.717) is 0 Å². The van der Waals surface area contributed by atoms with Crippen molar-refractivity contribution < 1.29 is 9.53 Å². The minimum atomic E-state index is -0.282. The van der Waals surface area contributed by atoms with Gasteiger partial charge in [0, 0.05) is 10.2 Å². The number of benzene rings is 2. The van der Waals surface area contributed by atoms with Gasteiger partial charge in [-0.1, -0.05) is 52.3 Å². The molecule has 0 saturated heterocycles. The van der Waals surface area contributed by atoms with E-state index < -0.39 is 0 Å². The van der Waals surface area contributed by atoms with Gasteiger partial charge in [-0.3, -0.25) is 4.79 Å². The van der Waals surface area contributed by atoms with Crippen LogP contribution >= 0.6 is 15.9 Å². The van der Waals surface area contributed by atoms with Crippen LogP contribution in [0.15, 0.2) is 65.1 Å². The molecular weight excluding hydrogens is 330 g/mol. The van der Waals surface area contributed by atoms with Crippen LogP contribution in [-0.4, -0.2) is 19.1 Å². The van der Waals surface area contributed by atoms with Crippen LogP contribution in [0.25, 0.3) is 6.08 Å². The van der Waals surface area contributed by atoms with Crippen molar-refractivity contribution in [2.24, 2.45) is 0 Å². The Labute approximate surface area is 132 Å². The molecule has 0 aromatic heterocycles. The van der Waals surface area contributed by atoms with Gasteiger partial charge in [-0.2, -0.15) is 0 Å². The minimum Gasteiger partial charge on any atom is -0.460 e. The van der Waals surface area contributed by atoms with Crippen molar-refractivity contribution >= 4 is 33.7 Å².